The predicted octanol–water partition coefficient (Wildman–Crippen LogP) is 6.24. The van der Waals surface area contributed by atoms with Crippen molar-refractivity contribution in [3.05, 3.63) is 51.4 Å². The maximum atomic E-state index is 12.6. The van der Waals surface area contributed by atoms with Gasteiger partial charge in [-0.3, -0.25) is 4.57 Å². The molecule has 0 unspecified atom stereocenters. The molecule has 2 aromatic rings. The van der Waals surface area contributed by atoms with Crippen LogP contribution in [-0.2, 0) is 20.4 Å². The third kappa shape index (κ3) is 10.0. The van der Waals surface area contributed by atoms with E-state index < -0.39 is 43.7 Å². The molecule has 1 heterocycles. The molecule has 0 amide bonds. The molecule has 10 nitrogen and oxygen atoms in total. The van der Waals surface area contributed by atoms with Crippen molar-refractivity contribution in [2.24, 2.45) is 0 Å². The Hall–Kier alpha value is -2.23. The van der Waals surface area contributed by atoms with Gasteiger partial charge < -0.3 is 33.9 Å². The summed E-state index contributed by atoms with van der Waals surface area (Å²) in [5.41, 5.74) is 0.511. The smallest absolute Gasteiger partial charge is 0.411 e. The number of imidazole rings is 1. The van der Waals surface area contributed by atoms with Gasteiger partial charge in [0.25, 0.3) is 0 Å². The number of hydrogen-bond acceptors (Lipinski definition) is 8. The Morgan fingerprint density at radius 3 is 2.31 bits per heavy atom. The highest BCUT2D eigenvalue weighted by molar-refractivity contribution is 6.74. The Labute approximate surface area is 231 Å². The molecule has 1 N–H and O–H groups in total. The van der Waals surface area contributed by atoms with Crippen molar-refractivity contribution in [1.82, 2.24) is 9.55 Å². The van der Waals surface area contributed by atoms with Gasteiger partial charge in [0.15, 0.2) is 8.32 Å². The van der Waals surface area contributed by atoms with Gasteiger partial charge >= 0.3 is 17.5 Å². The number of benzene rings is 1. The zero-order valence-electron chi connectivity index (χ0n) is 22.7. The third-order valence-corrected chi connectivity index (χ3v) is 11.3. The van der Waals surface area contributed by atoms with E-state index in [-0.39, 0.29) is 35.8 Å². The highest BCUT2D eigenvalue weighted by Crippen LogP contribution is 2.39. The number of rotatable bonds is 14. The molecule has 0 aliphatic rings. The van der Waals surface area contributed by atoms with Crippen LogP contribution in [0.4, 0.5) is 19.0 Å². The van der Waals surface area contributed by atoms with Crippen molar-refractivity contribution >= 4 is 25.7 Å². The van der Waals surface area contributed by atoms with Crippen LogP contribution in [0.2, 0.25) is 23.4 Å². The SMILES string of the molecule is CCOCO[C@@H](C[C@H](O[Si](C)(C)C(C)(C)C)[C@@H](O)Cn1cc([N+](=O)[O-])nc1Cl)c1ccc(OC(F)(F)F)cc1. The molecular formula is C24H35ClF3N3O7Si. The lowest BCUT2D eigenvalue weighted by Gasteiger charge is -2.41. The summed E-state index contributed by atoms with van der Waals surface area (Å²) < 4.78 is 60.9. The first-order valence-corrected chi connectivity index (χ1v) is 15.5. The first-order chi connectivity index (χ1) is 17.9. The molecule has 0 aliphatic heterocycles. The first-order valence-electron chi connectivity index (χ1n) is 12.2. The summed E-state index contributed by atoms with van der Waals surface area (Å²) in [7, 11) is -2.47. The summed E-state index contributed by atoms with van der Waals surface area (Å²) in [4.78, 5) is 14.1. The summed E-state index contributed by atoms with van der Waals surface area (Å²) in [6, 6.07) is 5.21. The van der Waals surface area contributed by atoms with E-state index >= 15 is 0 Å². The quantitative estimate of drug-likeness (QED) is 0.0894. The van der Waals surface area contributed by atoms with Crippen molar-refractivity contribution in [3.8, 4) is 5.75 Å². The molecule has 0 radical (unpaired) electrons. The lowest BCUT2D eigenvalue weighted by Crippen LogP contribution is -2.48. The van der Waals surface area contributed by atoms with Gasteiger partial charge in [-0.2, -0.15) is 0 Å². The number of nitro groups is 1. The highest BCUT2D eigenvalue weighted by atomic mass is 35.5. The number of nitrogens with zero attached hydrogens (tertiary/aromatic N) is 3. The number of aliphatic hydroxyl groups excluding tert-OH is 1. The van der Waals surface area contributed by atoms with E-state index in [0.29, 0.717) is 12.2 Å². The van der Waals surface area contributed by atoms with Gasteiger partial charge in [0.05, 0.1) is 24.9 Å². The summed E-state index contributed by atoms with van der Waals surface area (Å²) in [5, 5.41) is 22.0. The molecule has 0 saturated carbocycles. The molecule has 1 aromatic heterocycles. The molecule has 0 aliphatic carbocycles. The van der Waals surface area contributed by atoms with Gasteiger partial charge in [0.1, 0.15) is 18.7 Å². The number of ether oxygens (including phenoxy) is 3. The molecular weight excluding hydrogens is 563 g/mol. The van der Waals surface area contributed by atoms with Gasteiger partial charge in [-0.05, 0) is 64.3 Å². The van der Waals surface area contributed by atoms with Crippen LogP contribution in [0.3, 0.4) is 0 Å². The van der Waals surface area contributed by atoms with Gasteiger partial charge in [0.2, 0.25) is 0 Å². The lowest BCUT2D eigenvalue weighted by molar-refractivity contribution is -0.389. The fourth-order valence-electron chi connectivity index (χ4n) is 3.36. The van der Waals surface area contributed by atoms with Crippen molar-refractivity contribution < 1.29 is 41.8 Å². The van der Waals surface area contributed by atoms with Gasteiger partial charge in [-0.25, -0.2) is 0 Å². The topological polar surface area (TPSA) is 118 Å². The van der Waals surface area contributed by atoms with E-state index in [9.17, 15) is 28.4 Å². The van der Waals surface area contributed by atoms with E-state index in [1.165, 1.54) is 28.8 Å². The van der Waals surface area contributed by atoms with E-state index in [1.54, 1.807) is 6.92 Å². The summed E-state index contributed by atoms with van der Waals surface area (Å²) >= 11 is 6.06. The Bertz CT molecular complexity index is 1080. The van der Waals surface area contributed by atoms with Crippen LogP contribution in [0.15, 0.2) is 30.5 Å². The van der Waals surface area contributed by atoms with Crippen LogP contribution in [0.5, 0.6) is 5.75 Å². The fourth-order valence-corrected chi connectivity index (χ4v) is 4.93. The normalized spacial score (nSPS) is 15.2. The van der Waals surface area contributed by atoms with E-state index in [4.69, 9.17) is 25.5 Å². The first kappa shape index (κ1) is 33.0. The van der Waals surface area contributed by atoms with Crippen LogP contribution in [0, 0.1) is 10.1 Å². The Balaban J connectivity index is 2.39. The van der Waals surface area contributed by atoms with Crippen molar-refractivity contribution in [1.29, 1.82) is 0 Å². The Morgan fingerprint density at radius 2 is 1.82 bits per heavy atom. The number of hydrogen-bond donors (Lipinski definition) is 1. The molecule has 3 atom stereocenters. The molecule has 0 fully saturated rings. The fraction of sp³-hybridized carbons (Fsp3) is 0.625. The second-order valence-electron chi connectivity index (χ2n) is 10.4. The molecule has 2 rings (SSSR count). The maximum Gasteiger partial charge on any atom is 0.573 e. The van der Waals surface area contributed by atoms with E-state index in [2.05, 4.69) is 9.72 Å². The standard InChI is InChI=1S/C24H35ClF3N3O7Si/c1-7-35-15-36-19(16-8-10-17(11-9-16)37-24(26,27)28)12-20(38-39(5,6)23(2,3)4)18(32)13-30-14-21(31(33)34)29-22(30)25/h8-11,14,18-20,32H,7,12-13,15H2,1-6H3/t18-,19-,20-/m0/s1. The molecule has 15 heteroatoms. The zero-order chi connectivity index (χ0) is 29.6. The van der Waals surface area contributed by atoms with Gasteiger partial charge in [-0.1, -0.05) is 32.9 Å². The zero-order valence-corrected chi connectivity index (χ0v) is 24.5. The van der Waals surface area contributed by atoms with E-state index in [0.717, 1.165) is 6.20 Å². The molecule has 0 saturated heterocycles. The molecule has 220 valence electrons. The molecule has 39 heavy (non-hydrogen) atoms. The monoisotopic (exact) mass is 597 g/mol. The Morgan fingerprint density at radius 1 is 1.21 bits per heavy atom. The minimum Gasteiger partial charge on any atom is -0.411 e. The summed E-state index contributed by atoms with van der Waals surface area (Å²) in [6.45, 7) is 12.0. The second kappa shape index (κ2) is 13.4. The number of halogens is 4. The van der Waals surface area contributed by atoms with Crippen molar-refractivity contribution in [3.63, 3.8) is 0 Å². The van der Waals surface area contributed by atoms with Gasteiger partial charge in [0, 0.05) is 13.0 Å². The summed E-state index contributed by atoms with van der Waals surface area (Å²) in [5.74, 6) is -0.853. The average molecular weight is 598 g/mol. The van der Waals surface area contributed by atoms with Crippen LogP contribution in [-0.4, -0.2) is 59.9 Å². The van der Waals surface area contributed by atoms with Crippen LogP contribution < -0.4 is 4.74 Å². The van der Waals surface area contributed by atoms with E-state index in [1.807, 2.05) is 33.9 Å². The lowest BCUT2D eigenvalue weighted by atomic mass is 10.00. The second-order valence-corrected chi connectivity index (χ2v) is 15.5. The Kier molecular flexibility index (Phi) is 11.3. The number of aromatic nitrogens is 2. The van der Waals surface area contributed by atoms with Crippen LogP contribution >= 0.6 is 11.6 Å². The predicted molar refractivity (Wildman–Crippen MR) is 140 cm³/mol. The molecule has 1 aromatic carbocycles. The van der Waals surface area contributed by atoms with Crippen LogP contribution in [0.1, 0.15) is 45.8 Å². The largest absolute Gasteiger partial charge is 0.573 e. The maximum absolute atomic E-state index is 12.6. The minimum atomic E-state index is -4.83. The number of alkyl halides is 3. The molecule has 0 bridgehead atoms. The average Bonchev–Trinajstić information content (AvgIpc) is 3.17. The van der Waals surface area contributed by atoms with Crippen LogP contribution in [0.25, 0.3) is 0 Å². The minimum absolute atomic E-state index is 0.0919. The van der Waals surface area contributed by atoms with Crippen molar-refractivity contribution in [2.75, 3.05) is 13.4 Å². The molecule has 0 spiro atoms. The summed E-state index contributed by atoms with van der Waals surface area (Å²) in [6.07, 6.45) is -6.40. The number of aliphatic hydroxyl groups is 1. The third-order valence-electron chi connectivity index (χ3n) is 6.46. The van der Waals surface area contributed by atoms with Crippen molar-refractivity contribution in [2.45, 2.75) is 83.5 Å². The highest BCUT2D eigenvalue weighted by Gasteiger charge is 2.41. The van der Waals surface area contributed by atoms with Gasteiger partial charge in [-0.15, -0.1) is 13.2 Å².